The summed E-state index contributed by atoms with van der Waals surface area (Å²) in [4.78, 5) is 0. The van der Waals surface area contributed by atoms with Crippen LogP contribution < -0.4 is 5.32 Å². The largest absolute Gasteiger partial charge is 0.416 e. The fraction of sp³-hybridized carbons (Fsp3) is 0.250. The Hall–Kier alpha value is -1.97. The van der Waals surface area contributed by atoms with Crippen LogP contribution in [0.25, 0.3) is 0 Å². The molecule has 0 aliphatic rings. The highest BCUT2D eigenvalue weighted by atomic mass is 19.4. The Labute approximate surface area is 116 Å². The molecule has 1 nitrogen and oxygen atoms in total. The molecule has 0 amide bonds. The molecule has 0 saturated heterocycles. The van der Waals surface area contributed by atoms with Gasteiger partial charge in [0.2, 0.25) is 0 Å². The number of rotatable bonds is 5. The van der Waals surface area contributed by atoms with Gasteiger partial charge in [0, 0.05) is 12.2 Å². The van der Waals surface area contributed by atoms with E-state index in [1.165, 1.54) is 6.07 Å². The van der Waals surface area contributed by atoms with Crippen LogP contribution in [0.4, 0.5) is 18.9 Å². The highest BCUT2D eigenvalue weighted by Gasteiger charge is 2.32. The minimum Gasteiger partial charge on any atom is -0.385 e. The van der Waals surface area contributed by atoms with Crippen molar-refractivity contribution in [1.29, 1.82) is 0 Å². The van der Waals surface area contributed by atoms with Crippen molar-refractivity contribution in [1.82, 2.24) is 0 Å². The van der Waals surface area contributed by atoms with Crippen molar-refractivity contribution in [2.24, 2.45) is 0 Å². The normalized spacial score (nSPS) is 11.3. The Balaban J connectivity index is 1.89. The Morgan fingerprint density at radius 1 is 1.00 bits per heavy atom. The summed E-state index contributed by atoms with van der Waals surface area (Å²) >= 11 is 0. The van der Waals surface area contributed by atoms with Crippen molar-refractivity contribution < 1.29 is 13.2 Å². The summed E-state index contributed by atoms with van der Waals surface area (Å²) in [6, 6.07) is 16.0. The molecule has 0 atom stereocenters. The van der Waals surface area contributed by atoms with Gasteiger partial charge in [-0.05, 0) is 42.7 Å². The number of nitrogens with one attached hydrogen (secondary N) is 1. The van der Waals surface area contributed by atoms with Crippen LogP contribution in [0.2, 0.25) is 0 Å². The molecule has 0 spiro atoms. The number of anilines is 1. The third-order valence-corrected chi connectivity index (χ3v) is 2.99. The minimum absolute atomic E-state index is 0.350. The molecule has 0 unspecified atom stereocenters. The summed E-state index contributed by atoms with van der Waals surface area (Å²) in [7, 11) is 0. The molecule has 0 fully saturated rings. The van der Waals surface area contributed by atoms with Gasteiger partial charge in [-0.1, -0.05) is 30.3 Å². The van der Waals surface area contributed by atoms with Crippen molar-refractivity contribution in [2.45, 2.75) is 19.0 Å². The molecule has 0 bridgehead atoms. The van der Waals surface area contributed by atoms with E-state index in [9.17, 15) is 13.2 Å². The van der Waals surface area contributed by atoms with E-state index in [1.54, 1.807) is 24.3 Å². The molecule has 1 radical (unpaired) electrons. The molecule has 20 heavy (non-hydrogen) atoms. The molecule has 0 aromatic heterocycles. The van der Waals surface area contributed by atoms with Crippen LogP contribution in [0.15, 0.2) is 48.5 Å². The van der Waals surface area contributed by atoms with Gasteiger partial charge in [-0.25, -0.2) is 0 Å². The molecule has 2 aromatic carbocycles. The number of benzene rings is 2. The molecule has 2 aromatic rings. The maximum atomic E-state index is 12.8. The zero-order chi connectivity index (χ0) is 14.4. The summed E-state index contributed by atoms with van der Waals surface area (Å²) in [5.41, 5.74) is 0.769. The molecular weight excluding hydrogens is 263 g/mol. The molecule has 105 valence electrons. The van der Waals surface area contributed by atoms with Crippen molar-refractivity contribution in [3.63, 3.8) is 0 Å². The monoisotopic (exact) mass is 278 g/mol. The van der Waals surface area contributed by atoms with Crippen molar-refractivity contribution in [3.05, 3.63) is 65.7 Å². The van der Waals surface area contributed by atoms with Crippen molar-refractivity contribution >= 4 is 5.69 Å². The molecular formula is C16H15F3N. The second-order valence-corrected chi connectivity index (χ2v) is 4.47. The highest BCUT2D eigenvalue weighted by Crippen LogP contribution is 2.32. The number of alkyl halides is 3. The molecule has 1 N–H and O–H groups in total. The fourth-order valence-corrected chi connectivity index (χ4v) is 2.03. The third-order valence-electron chi connectivity index (χ3n) is 2.99. The number of hydrogen-bond acceptors (Lipinski definition) is 1. The van der Waals surface area contributed by atoms with Gasteiger partial charge < -0.3 is 5.32 Å². The minimum atomic E-state index is -4.28. The zero-order valence-electron chi connectivity index (χ0n) is 10.9. The first-order chi connectivity index (χ1) is 9.57. The van der Waals surface area contributed by atoms with E-state index in [2.05, 4.69) is 11.4 Å². The lowest BCUT2D eigenvalue weighted by atomic mass is 10.0. The summed E-state index contributed by atoms with van der Waals surface area (Å²) < 4.78 is 38.4. The van der Waals surface area contributed by atoms with Crippen LogP contribution in [-0.4, -0.2) is 6.54 Å². The van der Waals surface area contributed by atoms with Crippen LogP contribution in [-0.2, 0) is 12.6 Å². The maximum Gasteiger partial charge on any atom is 0.416 e. The predicted octanol–water partition coefficient (Wildman–Crippen LogP) is 4.55. The number of aryl methyl sites for hydroxylation is 1. The van der Waals surface area contributed by atoms with Gasteiger partial charge in [0.25, 0.3) is 0 Å². The van der Waals surface area contributed by atoms with Gasteiger partial charge in [0.15, 0.2) is 0 Å². The Bertz CT molecular complexity index is 535. The zero-order valence-corrected chi connectivity index (χ0v) is 10.9. The van der Waals surface area contributed by atoms with Crippen molar-refractivity contribution in [3.8, 4) is 0 Å². The van der Waals surface area contributed by atoms with E-state index in [-0.39, 0.29) is 0 Å². The lowest BCUT2D eigenvalue weighted by Gasteiger charge is -2.12. The quantitative estimate of drug-likeness (QED) is 0.791. The Kier molecular flexibility index (Phi) is 4.66. The van der Waals surface area contributed by atoms with Gasteiger partial charge in [-0.2, -0.15) is 13.2 Å². The van der Waals surface area contributed by atoms with E-state index in [0.29, 0.717) is 24.9 Å². The summed E-state index contributed by atoms with van der Waals surface area (Å²) in [6.45, 7) is 0.635. The summed E-state index contributed by atoms with van der Waals surface area (Å²) in [6.07, 6.45) is -3.23. The van der Waals surface area contributed by atoms with Crippen molar-refractivity contribution in [2.75, 3.05) is 11.9 Å². The van der Waals surface area contributed by atoms with Crippen LogP contribution >= 0.6 is 0 Å². The van der Waals surface area contributed by atoms with Crippen LogP contribution in [0.3, 0.4) is 0 Å². The van der Waals surface area contributed by atoms with Crippen LogP contribution in [0, 0.1) is 6.07 Å². The lowest BCUT2D eigenvalue weighted by molar-refractivity contribution is -0.138. The average Bonchev–Trinajstić information content (AvgIpc) is 2.44. The van der Waals surface area contributed by atoms with Gasteiger partial charge in [-0.15, -0.1) is 0 Å². The van der Waals surface area contributed by atoms with E-state index in [1.807, 2.05) is 12.1 Å². The summed E-state index contributed by atoms with van der Waals surface area (Å²) in [5, 5.41) is 3.17. The van der Waals surface area contributed by atoms with Gasteiger partial charge in [0.1, 0.15) is 0 Å². The molecule has 0 saturated carbocycles. The lowest BCUT2D eigenvalue weighted by Crippen LogP contribution is -2.10. The molecule has 0 aliphatic carbocycles. The first-order valence-corrected chi connectivity index (χ1v) is 6.42. The van der Waals surface area contributed by atoms with E-state index >= 15 is 0 Å². The van der Waals surface area contributed by atoms with Crippen LogP contribution in [0.5, 0.6) is 0 Å². The van der Waals surface area contributed by atoms with E-state index < -0.39 is 11.7 Å². The second kappa shape index (κ2) is 6.46. The second-order valence-electron chi connectivity index (χ2n) is 4.47. The SMILES string of the molecule is FC(F)(F)c1ccccc1CCCNc1cc[c]cc1. The highest BCUT2D eigenvalue weighted by molar-refractivity contribution is 5.42. The first-order valence-electron chi connectivity index (χ1n) is 6.42. The third kappa shape index (κ3) is 4.02. The van der Waals surface area contributed by atoms with Gasteiger partial charge in [0.05, 0.1) is 5.56 Å². The van der Waals surface area contributed by atoms with E-state index in [0.717, 1.165) is 11.8 Å². The first kappa shape index (κ1) is 14.4. The maximum absolute atomic E-state index is 12.8. The van der Waals surface area contributed by atoms with Gasteiger partial charge >= 0.3 is 6.18 Å². The Morgan fingerprint density at radius 3 is 2.40 bits per heavy atom. The fourth-order valence-electron chi connectivity index (χ4n) is 2.03. The molecule has 0 aliphatic heterocycles. The van der Waals surface area contributed by atoms with E-state index in [4.69, 9.17) is 0 Å². The molecule has 0 heterocycles. The smallest absolute Gasteiger partial charge is 0.385 e. The van der Waals surface area contributed by atoms with Crippen LogP contribution in [0.1, 0.15) is 17.5 Å². The molecule has 4 heteroatoms. The number of hydrogen-bond donors (Lipinski definition) is 1. The molecule has 2 rings (SSSR count). The predicted molar refractivity (Wildman–Crippen MR) is 73.5 cm³/mol. The Morgan fingerprint density at radius 2 is 1.70 bits per heavy atom. The summed E-state index contributed by atoms with van der Waals surface area (Å²) in [5.74, 6) is 0. The standard InChI is InChI=1S/C16H15F3N/c17-16(18,19)15-11-5-4-7-13(15)8-6-12-20-14-9-2-1-3-10-14/h2-5,7,9-11,20H,6,8,12H2. The topological polar surface area (TPSA) is 12.0 Å². The van der Waals surface area contributed by atoms with Gasteiger partial charge in [-0.3, -0.25) is 0 Å². The average molecular weight is 278 g/mol. The number of halogens is 3.